The summed E-state index contributed by atoms with van der Waals surface area (Å²) in [6.07, 6.45) is 65.2. The molecule has 0 saturated carbocycles. The predicted octanol–water partition coefficient (Wildman–Crippen LogP) is 18.7. The van der Waals surface area contributed by atoms with Crippen LogP contribution in [0, 0.1) is 0 Å². The number of hydrogen-bond acceptors (Lipinski definition) is 6. The lowest BCUT2D eigenvalue weighted by molar-refractivity contribution is -0.167. The second-order valence-corrected chi connectivity index (χ2v) is 18.8. The molecule has 0 bridgehead atoms. The van der Waals surface area contributed by atoms with Gasteiger partial charge in [0.2, 0.25) is 0 Å². The van der Waals surface area contributed by atoms with Gasteiger partial charge in [-0.15, -0.1) is 0 Å². The van der Waals surface area contributed by atoms with E-state index >= 15 is 0 Å². The van der Waals surface area contributed by atoms with E-state index in [1.807, 2.05) is 0 Å². The van der Waals surface area contributed by atoms with Gasteiger partial charge in [0, 0.05) is 19.3 Å². The number of esters is 3. The molecule has 0 aromatic rings. The molecule has 6 nitrogen and oxygen atoms in total. The van der Waals surface area contributed by atoms with Crippen LogP contribution in [0.3, 0.4) is 0 Å². The van der Waals surface area contributed by atoms with Crippen LogP contribution in [0.4, 0.5) is 0 Å². The highest BCUT2D eigenvalue weighted by Crippen LogP contribution is 2.16. The predicted molar refractivity (Wildman–Crippen MR) is 279 cm³/mol. The summed E-state index contributed by atoms with van der Waals surface area (Å²) in [4.78, 5) is 38.1. The quantitative estimate of drug-likeness (QED) is 0.0262. The normalized spacial score (nSPS) is 12.4. The average molecular weight is 911 g/mol. The molecule has 0 spiro atoms. The minimum absolute atomic E-state index is 0.0747. The average Bonchev–Trinajstić information content (AvgIpc) is 3.30. The second kappa shape index (κ2) is 54.0. The Kier molecular flexibility index (Phi) is 51.8. The Labute approximate surface area is 403 Å². The maximum Gasteiger partial charge on any atom is 0.306 e. The van der Waals surface area contributed by atoms with Crippen molar-refractivity contribution in [2.45, 2.75) is 297 Å². The van der Waals surface area contributed by atoms with E-state index in [-0.39, 0.29) is 31.1 Å². The van der Waals surface area contributed by atoms with Gasteiger partial charge in [-0.2, -0.15) is 0 Å². The summed E-state index contributed by atoms with van der Waals surface area (Å²) in [7, 11) is 0. The Balaban J connectivity index is 4.34. The summed E-state index contributed by atoms with van der Waals surface area (Å²) >= 11 is 0. The van der Waals surface area contributed by atoms with Crippen LogP contribution in [0.2, 0.25) is 0 Å². The lowest BCUT2D eigenvalue weighted by Gasteiger charge is -2.18. The molecule has 1 atom stereocenters. The van der Waals surface area contributed by atoms with Crippen LogP contribution < -0.4 is 0 Å². The van der Waals surface area contributed by atoms with Crippen molar-refractivity contribution in [3.05, 3.63) is 48.6 Å². The van der Waals surface area contributed by atoms with Gasteiger partial charge < -0.3 is 14.2 Å². The smallest absolute Gasteiger partial charge is 0.306 e. The minimum atomic E-state index is -0.776. The highest BCUT2D eigenvalue weighted by Gasteiger charge is 2.19. The molecule has 0 aliphatic carbocycles. The fraction of sp³-hybridized carbons (Fsp3) is 0.814. The van der Waals surface area contributed by atoms with E-state index in [0.29, 0.717) is 19.3 Å². The largest absolute Gasteiger partial charge is 0.462 e. The lowest BCUT2D eigenvalue weighted by Crippen LogP contribution is -2.30. The topological polar surface area (TPSA) is 78.9 Å². The number of unbranched alkanes of at least 4 members (excludes halogenated alkanes) is 32. The summed E-state index contributed by atoms with van der Waals surface area (Å²) in [5.41, 5.74) is 0. The van der Waals surface area contributed by atoms with Gasteiger partial charge >= 0.3 is 17.9 Å². The number of hydrogen-bond donors (Lipinski definition) is 0. The molecule has 0 heterocycles. The third-order valence-corrected chi connectivity index (χ3v) is 12.3. The summed E-state index contributed by atoms with van der Waals surface area (Å²) in [6, 6.07) is 0. The van der Waals surface area contributed by atoms with E-state index in [4.69, 9.17) is 14.2 Å². The van der Waals surface area contributed by atoms with Crippen LogP contribution in [0.25, 0.3) is 0 Å². The Morgan fingerprint density at radius 3 is 0.877 bits per heavy atom. The molecule has 6 heteroatoms. The summed E-state index contributed by atoms with van der Waals surface area (Å²) < 4.78 is 16.8. The van der Waals surface area contributed by atoms with Crippen molar-refractivity contribution in [3.63, 3.8) is 0 Å². The van der Waals surface area contributed by atoms with Crippen molar-refractivity contribution in [3.8, 4) is 0 Å². The van der Waals surface area contributed by atoms with E-state index in [0.717, 1.165) is 77.0 Å². The van der Waals surface area contributed by atoms with Crippen molar-refractivity contribution in [2.24, 2.45) is 0 Å². The lowest BCUT2D eigenvalue weighted by atomic mass is 10.1. The van der Waals surface area contributed by atoms with Crippen LogP contribution in [0.1, 0.15) is 290 Å². The number of ether oxygens (including phenoxy) is 3. The van der Waals surface area contributed by atoms with Gasteiger partial charge in [0.25, 0.3) is 0 Å². The molecule has 0 aromatic carbocycles. The molecule has 0 aliphatic rings. The first-order valence-corrected chi connectivity index (χ1v) is 28.1. The molecule has 0 aliphatic heterocycles. The third-order valence-electron chi connectivity index (χ3n) is 12.3. The molecule has 0 radical (unpaired) electrons. The standard InChI is InChI=1S/C59H106O6/c1-4-7-10-13-16-19-22-24-26-28-29-31-33-35-38-41-44-47-50-53-59(62)65-56(54-63-57(60)51-48-45-42-39-36-21-18-15-12-9-6-3)55-64-58(61)52-49-46-43-40-37-34-32-30-27-25-23-20-17-14-11-8-5-2/h16-17,19-20,24-27,56H,4-15,18,21-23,28-55H2,1-3H3/b19-16-,20-17-,26-24-,27-25-/t56-/m0/s1. The maximum atomic E-state index is 12.8. The monoisotopic (exact) mass is 911 g/mol. The molecule has 378 valence electrons. The second-order valence-electron chi connectivity index (χ2n) is 18.8. The van der Waals surface area contributed by atoms with Crippen molar-refractivity contribution < 1.29 is 28.6 Å². The Morgan fingerprint density at radius 2 is 0.554 bits per heavy atom. The summed E-state index contributed by atoms with van der Waals surface area (Å²) in [5, 5.41) is 0. The molecule has 0 amide bonds. The highest BCUT2D eigenvalue weighted by atomic mass is 16.6. The van der Waals surface area contributed by atoms with Gasteiger partial charge in [-0.05, 0) is 83.5 Å². The van der Waals surface area contributed by atoms with Crippen LogP contribution in [-0.2, 0) is 28.6 Å². The zero-order valence-corrected chi connectivity index (χ0v) is 43.3. The fourth-order valence-electron chi connectivity index (χ4n) is 8.03. The van der Waals surface area contributed by atoms with Gasteiger partial charge in [0.05, 0.1) is 0 Å². The zero-order valence-electron chi connectivity index (χ0n) is 43.3. The SMILES string of the molecule is CCCCC/C=C\C/C=C\CCCCCCCCCCCC(=O)O[C@H](COC(=O)CCCCCCCCC/C=C\C/C=C\CCCCC)COC(=O)CCCCCCCCCCCCC. The molecule has 65 heavy (non-hydrogen) atoms. The molecular formula is C59H106O6. The van der Waals surface area contributed by atoms with Crippen molar-refractivity contribution in [1.82, 2.24) is 0 Å². The molecule has 0 fully saturated rings. The van der Waals surface area contributed by atoms with E-state index < -0.39 is 6.10 Å². The van der Waals surface area contributed by atoms with Gasteiger partial charge in [-0.1, -0.05) is 236 Å². The Morgan fingerprint density at radius 1 is 0.308 bits per heavy atom. The van der Waals surface area contributed by atoms with Gasteiger partial charge in [-0.3, -0.25) is 14.4 Å². The third kappa shape index (κ3) is 52.2. The van der Waals surface area contributed by atoms with E-state index in [9.17, 15) is 14.4 Å². The number of allylic oxidation sites excluding steroid dienone is 8. The molecule has 0 saturated heterocycles. The van der Waals surface area contributed by atoms with Crippen LogP contribution in [0.15, 0.2) is 48.6 Å². The first kappa shape index (κ1) is 62.4. The Hall–Kier alpha value is -2.63. The molecular weight excluding hydrogens is 805 g/mol. The van der Waals surface area contributed by atoms with Gasteiger partial charge in [0.1, 0.15) is 13.2 Å². The van der Waals surface area contributed by atoms with Gasteiger partial charge in [-0.25, -0.2) is 0 Å². The molecule has 0 N–H and O–H groups in total. The number of carbonyl (C=O) groups excluding carboxylic acids is 3. The molecule has 0 unspecified atom stereocenters. The van der Waals surface area contributed by atoms with Crippen LogP contribution in [0.5, 0.6) is 0 Å². The molecule has 0 rings (SSSR count). The summed E-state index contributed by atoms with van der Waals surface area (Å²) in [5.74, 6) is -0.876. The van der Waals surface area contributed by atoms with E-state index in [1.165, 1.54) is 173 Å². The summed E-state index contributed by atoms with van der Waals surface area (Å²) in [6.45, 7) is 6.60. The number of carbonyl (C=O) groups is 3. The Bertz CT molecular complexity index is 1140. The van der Waals surface area contributed by atoms with Crippen LogP contribution in [-0.4, -0.2) is 37.2 Å². The first-order valence-electron chi connectivity index (χ1n) is 28.1. The van der Waals surface area contributed by atoms with Crippen molar-refractivity contribution in [1.29, 1.82) is 0 Å². The molecule has 0 aromatic heterocycles. The minimum Gasteiger partial charge on any atom is -0.462 e. The van der Waals surface area contributed by atoms with Crippen molar-refractivity contribution in [2.75, 3.05) is 13.2 Å². The van der Waals surface area contributed by atoms with Gasteiger partial charge in [0.15, 0.2) is 6.10 Å². The first-order chi connectivity index (χ1) is 32.0. The van der Waals surface area contributed by atoms with Crippen molar-refractivity contribution >= 4 is 17.9 Å². The van der Waals surface area contributed by atoms with E-state index in [2.05, 4.69) is 69.4 Å². The highest BCUT2D eigenvalue weighted by molar-refractivity contribution is 5.71. The zero-order chi connectivity index (χ0) is 47.2. The fourth-order valence-corrected chi connectivity index (χ4v) is 8.03. The number of rotatable bonds is 51. The van der Waals surface area contributed by atoms with E-state index in [1.54, 1.807) is 0 Å². The van der Waals surface area contributed by atoms with Crippen LogP contribution >= 0.6 is 0 Å². The maximum absolute atomic E-state index is 12.8.